The Kier molecular flexibility index (Phi) is 76.8. The van der Waals surface area contributed by atoms with E-state index in [4.69, 9.17) is 30.8 Å². The third kappa shape index (κ3) is 70.8. The van der Waals surface area contributed by atoms with Gasteiger partial charge in [-0.15, -0.1) is 0 Å². The summed E-state index contributed by atoms with van der Waals surface area (Å²) < 4.78 is 9.64. The van der Waals surface area contributed by atoms with Gasteiger partial charge in [0.1, 0.15) is 13.2 Å². The number of carbonyl (C=O) groups excluding carboxylic acids is 1. The van der Waals surface area contributed by atoms with Crippen LogP contribution in [0.3, 0.4) is 0 Å². The van der Waals surface area contributed by atoms with E-state index in [1.165, 1.54) is 353 Å². The molecule has 0 aliphatic heterocycles. The molecule has 89 heavy (non-hydrogen) atoms. The minimum atomic E-state index is -0.905. The third-order valence-corrected chi connectivity index (χ3v) is 19.3. The van der Waals surface area contributed by atoms with Crippen molar-refractivity contribution >= 4 is 12.1 Å². The number of carbonyl (C=O) groups is 2. The van der Waals surface area contributed by atoms with Crippen LogP contribution in [0.25, 0.3) is 0 Å². The fraction of sp³-hybridized carbons (Fsp3) is 0.949. The predicted octanol–water partition coefficient (Wildman–Crippen LogP) is 24.4. The van der Waals surface area contributed by atoms with Crippen LogP contribution >= 0.6 is 0 Å². The lowest BCUT2D eigenvalue weighted by Gasteiger charge is -2.28. The Morgan fingerprint density at radius 1 is 0.315 bits per heavy atom. The van der Waals surface area contributed by atoms with Crippen LogP contribution in [-0.4, -0.2) is 56.6 Å². The molecule has 0 rings (SSSR count). The van der Waals surface area contributed by atoms with Gasteiger partial charge in [-0.25, -0.2) is 9.59 Å². The molecule has 0 heterocycles. The Morgan fingerprint density at radius 2 is 0.517 bits per heavy atom. The van der Waals surface area contributed by atoms with Crippen molar-refractivity contribution in [3.63, 3.8) is 0 Å². The number of carboxylic acid groups (broad SMARTS) is 1. The standard InChI is InChI=1S/C40H82N4O3.C38H72N2O2/c1-3-5-7-9-11-17-23-29-37(31-25-19-13-15-21-27-34-42-39(45)43-36-33-41)38(30-24-18-12-10-8-6-4-2)32-26-20-14-16-22-28-35-44-40(46)47;1-3-5-7-9-11-17-23-29-37(31-25-19-13-15-21-27-33-41-35-39)38(30-24-18-12-10-8-6-4-2)32-26-20-14-16-22-28-34-42-36-40/h37-38,44H,3-36,41H2,1-2H3,(H,46,47)(H2,42,43,45);37-38H,3-34H2,1-2H3. The van der Waals surface area contributed by atoms with E-state index < -0.39 is 6.09 Å². The van der Waals surface area contributed by atoms with Gasteiger partial charge in [0.2, 0.25) is 0 Å². The summed E-state index contributed by atoms with van der Waals surface area (Å²) in [6.07, 6.45) is 83.5. The summed E-state index contributed by atoms with van der Waals surface area (Å²) in [6, 6.07) is -0.0981. The van der Waals surface area contributed by atoms with Crippen LogP contribution in [0.15, 0.2) is 0 Å². The summed E-state index contributed by atoms with van der Waals surface area (Å²) in [7, 11) is 0. The lowest BCUT2D eigenvalue weighted by Crippen LogP contribution is -2.38. The second-order valence-electron chi connectivity index (χ2n) is 27.4. The number of nitrogens with one attached hydrogen (secondary N) is 3. The van der Waals surface area contributed by atoms with Gasteiger partial charge < -0.3 is 36.3 Å². The number of unbranched alkanes of at least 4 members (excludes halogenated alkanes) is 44. The van der Waals surface area contributed by atoms with Crippen molar-refractivity contribution in [2.75, 3.05) is 39.4 Å². The summed E-state index contributed by atoms with van der Waals surface area (Å²) in [5.41, 5.74) is 5.44. The van der Waals surface area contributed by atoms with Crippen molar-refractivity contribution in [3.05, 3.63) is 0 Å². The molecular formula is C78H154N6O5. The molecule has 4 atom stereocenters. The minimum absolute atomic E-state index is 0.0981. The summed E-state index contributed by atoms with van der Waals surface area (Å²) in [6.45, 7) is 12.8. The van der Waals surface area contributed by atoms with Crippen LogP contribution in [0.5, 0.6) is 0 Å². The van der Waals surface area contributed by atoms with E-state index in [-0.39, 0.29) is 6.03 Å². The Bertz CT molecular complexity index is 1420. The highest BCUT2D eigenvalue weighted by molar-refractivity contribution is 5.73. The molecule has 11 nitrogen and oxygen atoms in total. The van der Waals surface area contributed by atoms with E-state index in [1.54, 1.807) is 12.5 Å². The van der Waals surface area contributed by atoms with Crippen LogP contribution in [-0.2, 0) is 9.47 Å². The van der Waals surface area contributed by atoms with Crippen LogP contribution in [0.2, 0.25) is 0 Å². The molecule has 11 heteroatoms. The molecule has 0 saturated heterocycles. The zero-order chi connectivity index (χ0) is 65.1. The van der Waals surface area contributed by atoms with Gasteiger partial charge in [-0.1, -0.05) is 387 Å². The number of amides is 3. The fourth-order valence-electron chi connectivity index (χ4n) is 13.7. The van der Waals surface area contributed by atoms with E-state index in [0.29, 0.717) is 32.8 Å². The predicted molar refractivity (Wildman–Crippen MR) is 383 cm³/mol. The van der Waals surface area contributed by atoms with Crippen molar-refractivity contribution < 1.29 is 24.2 Å². The first-order chi connectivity index (χ1) is 43.8. The van der Waals surface area contributed by atoms with Crippen LogP contribution in [0.4, 0.5) is 9.59 Å². The topological polar surface area (TPSA) is 183 Å². The molecule has 0 saturated carbocycles. The van der Waals surface area contributed by atoms with Crippen LogP contribution in [0, 0.1) is 46.7 Å². The molecule has 6 N–H and O–H groups in total. The summed E-state index contributed by atoms with van der Waals surface area (Å²) in [5, 5.41) is 34.0. The first-order valence-corrected chi connectivity index (χ1v) is 39.5. The number of urea groups is 1. The van der Waals surface area contributed by atoms with Crippen molar-refractivity contribution in [2.24, 2.45) is 29.4 Å². The van der Waals surface area contributed by atoms with Gasteiger partial charge in [-0.05, 0) is 49.4 Å². The van der Waals surface area contributed by atoms with E-state index in [1.807, 2.05) is 0 Å². The quantitative estimate of drug-likeness (QED) is 0.0294. The second kappa shape index (κ2) is 77.5. The molecule has 0 aliphatic carbocycles. The molecule has 0 aromatic rings. The van der Waals surface area contributed by atoms with E-state index in [0.717, 1.165) is 62.3 Å². The van der Waals surface area contributed by atoms with E-state index >= 15 is 0 Å². The van der Waals surface area contributed by atoms with Gasteiger partial charge in [0.15, 0.2) is 0 Å². The first kappa shape index (κ1) is 88.1. The Labute approximate surface area is 554 Å². The molecule has 0 fully saturated rings. The number of nitrogens with two attached hydrogens (primary N) is 1. The smallest absolute Gasteiger partial charge is 0.404 e. The van der Waals surface area contributed by atoms with Gasteiger partial charge in [0.25, 0.3) is 12.5 Å². The number of nitrogens with zero attached hydrogens (tertiary/aromatic N) is 2. The van der Waals surface area contributed by atoms with Crippen LogP contribution < -0.4 is 21.7 Å². The highest BCUT2D eigenvalue weighted by atomic mass is 16.5. The number of hydrogen-bond acceptors (Lipinski definition) is 7. The van der Waals surface area contributed by atoms with Gasteiger partial charge in [0.05, 0.1) is 0 Å². The maximum absolute atomic E-state index is 11.7. The van der Waals surface area contributed by atoms with Crippen molar-refractivity contribution in [1.29, 1.82) is 10.5 Å². The molecule has 4 unspecified atom stereocenters. The average molecular weight is 1260 g/mol. The fourth-order valence-corrected chi connectivity index (χ4v) is 13.7. The maximum Gasteiger partial charge on any atom is 0.404 e. The number of rotatable bonds is 72. The van der Waals surface area contributed by atoms with Gasteiger partial charge in [0, 0.05) is 26.2 Å². The maximum atomic E-state index is 11.7. The van der Waals surface area contributed by atoms with Gasteiger partial charge in [-0.2, -0.15) is 10.5 Å². The number of hydrogen-bond donors (Lipinski definition) is 5. The average Bonchev–Trinajstić information content (AvgIpc) is 3.58. The summed E-state index contributed by atoms with van der Waals surface area (Å²) in [5.74, 6) is 3.63. The summed E-state index contributed by atoms with van der Waals surface area (Å²) in [4.78, 5) is 22.3. The lowest BCUT2D eigenvalue weighted by atomic mass is 9.78. The van der Waals surface area contributed by atoms with Gasteiger partial charge in [-0.3, -0.25) is 0 Å². The highest BCUT2D eigenvalue weighted by Gasteiger charge is 2.22. The Morgan fingerprint density at radius 3 is 0.742 bits per heavy atom. The lowest BCUT2D eigenvalue weighted by molar-refractivity contribution is 0.194. The molecular weight excluding hydrogens is 1100 g/mol. The van der Waals surface area contributed by atoms with Crippen LogP contribution in [0.1, 0.15) is 413 Å². The van der Waals surface area contributed by atoms with E-state index in [2.05, 4.69) is 43.6 Å². The zero-order valence-corrected chi connectivity index (χ0v) is 60.0. The molecule has 526 valence electrons. The van der Waals surface area contributed by atoms with Gasteiger partial charge >= 0.3 is 12.1 Å². The molecule has 0 aliphatic rings. The largest absolute Gasteiger partial charge is 0.465 e. The monoisotopic (exact) mass is 1260 g/mol. The van der Waals surface area contributed by atoms with Crippen molar-refractivity contribution in [1.82, 2.24) is 16.0 Å². The second-order valence-corrected chi connectivity index (χ2v) is 27.4. The molecule has 0 aromatic carbocycles. The summed E-state index contributed by atoms with van der Waals surface area (Å²) >= 11 is 0. The SMILES string of the molecule is CCCCCCCCCC(CCCCCCCCNC(=O)O)C(CCCCCCCCC)CCCCCCCCNC(=O)NCCN.CCCCCCCCCC(CCCCCCCCOC#N)C(CCCCCCCCC)CCCCCCCCOC#N. The zero-order valence-electron chi connectivity index (χ0n) is 60.0. The number of nitriles is 2. The molecule has 0 bridgehead atoms. The minimum Gasteiger partial charge on any atom is -0.465 e. The molecule has 0 aromatic heterocycles. The molecule has 0 spiro atoms. The van der Waals surface area contributed by atoms with E-state index in [9.17, 15) is 9.59 Å². The van der Waals surface area contributed by atoms with Crippen molar-refractivity contribution in [3.8, 4) is 12.5 Å². The normalized spacial score (nSPS) is 12.5. The molecule has 3 amide bonds. The number of ether oxygens (including phenoxy) is 2. The third-order valence-electron chi connectivity index (χ3n) is 19.3. The van der Waals surface area contributed by atoms with Crippen molar-refractivity contribution in [2.45, 2.75) is 413 Å². The Hall–Kier alpha value is -2.92. The highest BCUT2D eigenvalue weighted by Crippen LogP contribution is 2.36. The Balaban J connectivity index is 0. The first-order valence-electron chi connectivity index (χ1n) is 39.5. The molecule has 0 radical (unpaired) electrons.